The zero-order chi connectivity index (χ0) is 18.2. The predicted molar refractivity (Wildman–Crippen MR) is 93.8 cm³/mol. The molecule has 1 heterocycles. The van der Waals surface area contributed by atoms with E-state index in [4.69, 9.17) is 4.74 Å². The van der Waals surface area contributed by atoms with Crippen molar-refractivity contribution in [3.63, 3.8) is 0 Å². The van der Waals surface area contributed by atoms with Gasteiger partial charge in [-0.25, -0.2) is 8.42 Å². The lowest BCUT2D eigenvalue weighted by atomic mass is 10.3. The Morgan fingerprint density at radius 2 is 1.60 bits per heavy atom. The van der Waals surface area contributed by atoms with Crippen molar-refractivity contribution in [3.05, 3.63) is 63.2 Å². The first kappa shape index (κ1) is 16.8. The molecule has 0 aliphatic heterocycles. The van der Waals surface area contributed by atoms with Crippen LogP contribution in [0.3, 0.4) is 0 Å². The molecule has 3 aromatic rings. The number of anilines is 1. The molecule has 0 saturated heterocycles. The van der Waals surface area contributed by atoms with Crippen LogP contribution in [0.2, 0.25) is 0 Å². The molecule has 0 radical (unpaired) electrons. The highest BCUT2D eigenvalue weighted by molar-refractivity contribution is 7.92. The predicted octanol–water partition coefficient (Wildman–Crippen LogP) is 1.05. The molecule has 0 fully saturated rings. The number of nitrogens with zero attached hydrogens (tertiary/aromatic N) is 1. The fraction of sp³-hybridized carbons (Fsp3) is 0.125. The first-order chi connectivity index (χ1) is 11.8. The summed E-state index contributed by atoms with van der Waals surface area (Å²) in [5, 5.41) is 0. The molecule has 0 bridgehead atoms. The third-order valence-corrected chi connectivity index (χ3v) is 5.54. The molecule has 0 aliphatic carbocycles. The first-order valence-corrected chi connectivity index (χ1v) is 8.67. The van der Waals surface area contributed by atoms with Gasteiger partial charge in [-0.1, -0.05) is 12.1 Å². The van der Waals surface area contributed by atoms with E-state index in [1.807, 2.05) is 0 Å². The fourth-order valence-electron chi connectivity index (χ4n) is 2.43. The largest absolute Gasteiger partial charge is 0.495 e. The molecular formula is C16H15N3O5S. The second-order valence-corrected chi connectivity index (χ2v) is 7.23. The number of hydrogen-bond acceptors (Lipinski definition) is 5. The number of aromatic amines is 2. The Balaban J connectivity index is 2.13. The molecule has 3 rings (SSSR count). The Morgan fingerprint density at radius 1 is 0.960 bits per heavy atom. The molecular weight excluding hydrogens is 346 g/mol. The number of sulfonamides is 1. The van der Waals surface area contributed by atoms with Crippen molar-refractivity contribution >= 4 is 26.7 Å². The molecule has 25 heavy (non-hydrogen) atoms. The second kappa shape index (κ2) is 6.10. The van der Waals surface area contributed by atoms with Gasteiger partial charge in [-0.15, -0.1) is 0 Å². The van der Waals surface area contributed by atoms with Crippen LogP contribution >= 0.6 is 0 Å². The number of hydrogen-bond donors (Lipinski definition) is 2. The van der Waals surface area contributed by atoms with E-state index in [9.17, 15) is 18.0 Å². The average Bonchev–Trinajstić information content (AvgIpc) is 2.61. The van der Waals surface area contributed by atoms with Gasteiger partial charge in [0.2, 0.25) is 0 Å². The van der Waals surface area contributed by atoms with Crippen molar-refractivity contribution in [1.82, 2.24) is 9.97 Å². The molecule has 0 unspecified atom stereocenters. The summed E-state index contributed by atoms with van der Waals surface area (Å²) in [4.78, 5) is 27.5. The standard InChI is InChI=1S/C16H15N3O5S/c1-19(13-5-3-4-6-14(13)24-2)25(22,23)10-7-8-11-12(9-10)18-16(21)15(20)17-11/h3-9H,1-2H3,(H,17,20)(H,18,21). The van der Waals surface area contributed by atoms with Gasteiger partial charge in [0.15, 0.2) is 0 Å². The number of rotatable bonds is 4. The van der Waals surface area contributed by atoms with Gasteiger partial charge >= 0.3 is 11.1 Å². The summed E-state index contributed by atoms with van der Waals surface area (Å²) in [6.07, 6.45) is 0. The summed E-state index contributed by atoms with van der Waals surface area (Å²) < 4.78 is 32.1. The summed E-state index contributed by atoms with van der Waals surface area (Å²) in [5.74, 6) is 0.409. The van der Waals surface area contributed by atoms with E-state index in [0.717, 1.165) is 4.31 Å². The monoisotopic (exact) mass is 361 g/mol. The minimum Gasteiger partial charge on any atom is -0.495 e. The van der Waals surface area contributed by atoms with Crippen LogP contribution in [-0.4, -0.2) is 32.5 Å². The minimum absolute atomic E-state index is 0.0314. The Bertz CT molecular complexity index is 1160. The molecule has 8 nitrogen and oxygen atoms in total. The fourth-order valence-corrected chi connectivity index (χ4v) is 3.66. The van der Waals surface area contributed by atoms with Crippen molar-refractivity contribution in [1.29, 1.82) is 0 Å². The van der Waals surface area contributed by atoms with Crippen LogP contribution in [0.5, 0.6) is 5.75 Å². The third kappa shape index (κ3) is 2.89. The number of para-hydroxylation sites is 2. The Hall–Kier alpha value is -3.07. The zero-order valence-corrected chi connectivity index (χ0v) is 14.3. The topological polar surface area (TPSA) is 112 Å². The quantitative estimate of drug-likeness (QED) is 0.675. The normalized spacial score (nSPS) is 11.4. The minimum atomic E-state index is -3.90. The lowest BCUT2D eigenvalue weighted by Crippen LogP contribution is -2.29. The van der Waals surface area contributed by atoms with E-state index in [-0.39, 0.29) is 10.4 Å². The SMILES string of the molecule is COc1ccccc1N(C)S(=O)(=O)c1ccc2[nH]c(=O)c(=O)[nH]c2c1. The van der Waals surface area contributed by atoms with Gasteiger partial charge in [-0.05, 0) is 30.3 Å². The molecule has 0 amide bonds. The van der Waals surface area contributed by atoms with Crippen molar-refractivity contribution in [2.24, 2.45) is 0 Å². The summed E-state index contributed by atoms with van der Waals surface area (Å²) >= 11 is 0. The summed E-state index contributed by atoms with van der Waals surface area (Å²) in [6.45, 7) is 0. The van der Waals surface area contributed by atoms with Crippen LogP contribution in [-0.2, 0) is 10.0 Å². The zero-order valence-electron chi connectivity index (χ0n) is 13.4. The van der Waals surface area contributed by atoms with Gasteiger partial charge < -0.3 is 14.7 Å². The molecule has 0 atom stereocenters. The van der Waals surface area contributed by atoms with Crippen LogP contribution in [0, 0.1) is 0 Å². The summed E-state index contributed by atoms with van der Waals surface area (Å²) in [7, 11) is -1.04. The third-order valence-electron chi connectivity index (χ3n) is 3.78. The second-order valence-electron chi connectivity index (χ2n) is 5.26. The van der Waals surface area contributed by atoms with E-state index >= 15 is 0 Å². The van der Waals surface area contributed by atoms with Gasteiger partial charge in [0.1, 0.15) is 5.75 Å². The molecule has 1 aromatic heterocycles. The molecule has 0 spiro atoms. The van der Waals surface area contributed by atoms with Crippen molar-refractivity contribution in [2.75, 3.05) is 18.5 Å². The van der Waals surface area contributed by atoms with E-state index < -0.39 is 21.1 Å². The number of fused-ring (bicyclic) bond motifs is 1. The maximum Gasteiger partial charge on any atom is 0.314 e. The average molecular weight is 361 g/mol. The number of H-pyrrole nitrogens is 2. The lowest BCUT2D eigenvalue weighted by molar-refractivity contribution is 0.416. The Labute approximate surface area is 142 Å². The van der Waals surface area contributed by atoms with Crippen LogP contribution < -0.4 is 20.2 Å². The highest BCUT2D eigenvalue weighted by atomic mass is 32.2. The molecule has 0 saturated carbocycles. The maximum absolute atomic E-state index is 12.9. The number of ether oxygens (including phenoxy) is 1. The van der Waals surface area contributed by atoms with Gasteiger partial charge in [-0.3, -0.25) is 13.9 Å². The van der Waals surface area contributed by atoms with Crippen molar-refractivity contribution in [2.45, 2.75) is 4.90 Å². The summed E-state index contributed by atoms with van der Waals surface area (Å²) in [6, 6.07) is 10.8. The van der Waals surface area contributed by atoms with E-state index in [1.165, 1.54) is 32.4 Å². The van der Waals surface area contributed by atoms with Crippen LogP contribution in [0.1, 0.15) is 0 Å². The van der Waals surface area contributed by atoms with Gasteiger partial charge in [-0.2, -0.15) is 0 Å². The van der Waals surface area contributed by atoms with Crippen molar-refractivity contribution < 1.29 is 13.2 Å². The maximum atomic E-state index is 12.9. The highest BCUT2D eigenvalue weighted by Crippen LogP contribution is 2.31. The van der Waals surface area contributed by atoms with Gasteiger partial charge in [0.05, 0.1) is 28.7 Å². The Kier molecular flexibility index (Phi) is 4.09. The number of benzene rings is 2. The Morgan fingerprint density at radius 3 is 2.28 bits per heavy atom. The summed E-state index contributed by atoms with van der Waals surface area (Å²) in [5.41, 5.74) is -0.711. The molecule has 9 heteroatoms. The van der Waals surface area contributed by atoms with Crippen molar-refractivity contribution in [3.8, 4) is 5.75 Å². The lowest BCUT2D eigenvalue weighted by Gasteiger charge is -2.21. The smallest absolute Gasteiger partial charge is 0.314 e. The van der Waals surface area contributed by atoms with E-state index in [2.05, 4.69) is 9.97 Å². The first-order valence-electron chi connectivity index (χ1n) is 7.23. The highest BCUT2D eigenvalue weighted by Gasteiger charge is 2.24. The van der Waals surface area contributed by atoms with Crippen LogP contribution in [0.4, 0.5) is 5.69 Å². The molecule has 130 valence electrons. The van der Waals surface area contributed by atoms with Crippen LogP contribution in [0.15, 0.2) is 56.9 Å². The van der Waals surface area contributed by atoms with Gasteiger partial charge in [0, 0.05) is 7.05 Å². The van der Waals surface area contributed by atoms with Gasteiger partial charge in [0.25, 0.3) is 10.0 Å². The number of nitrogens with one attached hydrogen (secondary N) is 2. The van der Waals surface area contributed by atoms with Crippen LogP contribution in [0.25, 0.3) is 11.0 Å². The number of aromatic nitrogens is 2. The molecule has 2 N–H and O–H groups in total. The molecule has 0 aliphatic rings. The van der Waals surface area contributed by atoms with E-state index in [1.54, 1.807) is 24.3 Å². The van der Waals surface area contributed by atoms with E-state index in [0.29, 0.717) is 17.0 Å². The number of methoxy groups -OCH3 is 1. The molecule has 2 aromatic carbocycles.